The Hall–Kier alpha value is -3.61. The fraction of sp³-hybridized carbons (Fsp3) is 0. The van der Waals surface area contributed by atoms with Crippen LogP contribution in [0.2, 0.25) is 0 Å². The molecule has 6 N–H and O–H groups in total. The van der Waals surface area contributed by atoms with Crippen LogP contribution in [0.3, 0.4) is 0 Å². The van der Waals surface area contributed by atoms with Crippen molar-refractivity contribution in [2.45, 2.75) is 0 Å². The number of rotatable bonds is 3. The van der Waals surface area contributed by atoms with Gasteiger partial charge in [0.25, 0.3) is 0 Å². The van der Waals surface area contributed by atoms with E-state index in [1.54, 1.807) is 36.4 Å². The fourth-order valence-electron chi connectivity index (χ4n) is 1.55. The van der Waals surface area contributed by atoms with Crippen molar-refractivity contribution in [2.75, 3.05) is 0 Å². The van der Waals surface area contributed by atoms with Crippen molar-refractivity contribution >= 4 is 25.0 Å². The van der Waals surface area contributed by atoms with Crippen LogP contribution in [0.5, 0.6) is 0 Å². The average molecular weight is 561 g/mol. The third-order valence-corrected chi connectivity index (χ3v) is 2.89. The molecule has 0 bridgehead atoms. The van der Waals surface area contributed by atoms with Gasteiger partial charge in [-0.3, -0.25) is 29.3 Å². The smallest absolute Gasteiger partial charge is 0.418 e. The quantitative estimate of drug-likeness (QED) is 0.326. The van der Waals surface area contributed by atoms with E-state index < -0.39 is 25.0 Å². The first-order valence-electron chi connectivity index (χ1n) is 8.38. The molecule has 0 radical (unpaired) electrons. The van der Waals surface area contributed by atoms with Crippen molar-refractivity contribution in [3.05, 3.63) is 90.3 Å². The minimum absolute atomic E-state index is 0. The molecule has 180 valence electrons. The largest absolute Gasteiger partial charge is 1.00 e. The van der Waals surface area contributed by atoms with E-state index in [2.05, 4.69) is 15.0 Å². The molecule has 3 amide bonds. The van der Waals surface area contributed by atoms with Gasteiger partial charge in [0, 0.05) is 53.9 Å². The second kappa shape index (κ2) is 17.0. The van der Waals surface area contributed by atoms with E-state index in [1.165, 1.54) is 37.2 Å². The minimum atomic E-state index is -6.00. The van der Waals surface area contributed by atoms with Crippen molar-refractivity contribution in [3.8, 4) is 0 Å². The first kappa shape index (κ1) is 31.6. The molecule has 0 saturated heterocycles. The molecule has 0 spiro atoms. The van der Waals surface area contributed by atoms with Crippen LogP contribution in [0.4, 0.5) is 17.3 Å². The third-order valence-electron chi connectivity index (χ3n) is 2.89. The summed E-state index contributed by atoms with van der Waals surface area (Å²) < 4.78 is 39.0. The molecule has 3 heterocycles. The summed E-state index contributed by atoms with van der Waals surface area (Å²) in [7, 11) is -6.00. The van der Waals surface area contributed by atoms with Crippen LogP contribution in [-0.4, -0.2) is 39.9 Å². The number of amides is 3. The zero-order valence-electron chi connectivity index (χ0n) is 16.6. The second-order valence-electron chi connectivity index (χ2n) is 5.30. The molecule has 15 heteroatoms. The maximum atomic E-state index is 10.4. The summed E-state index contributed by atoms with van der Waals surface area (Å²) in [5.74, 6) is -1.26. The van der Waals surface area contributed by atoms with Gasteiger partial charge in [0.15, 0.2) is 0 Å². The number of halogens is 4. The van der Waals surface area contributed by atoms with Gasteiger partial charge in [-0.25, -0.2) is 0 Å². The van der Waals surface area contributed by atoms with Crippen molar-refractivity contribution in [2.24, 2.45) is 17.2 Å². The van der Waals surface area contributed by atoms with Gasteiger partial charge in [-0.2, -0.15) is 0 Å². The number of hydrogen-bond donors (Lipinski definition) is 3. The van der Waals surface area contributed by atoms with E-state index in [0.29, 0.717) is 16.7 Å². The predicted molar refractivity (Wildman–Crippen MR) is 108 cm³/mol. The van der Waals surface area contributed by atoms with Gasteiger partial charge in [0.1, 0.15) is 0 Å². The van der Waals surface area contributed by atoms with Gasteiger partial charge < -0.3 is 34.5 Å². The maximum absolute atomic E-state index is 10.4. The zero-order valence-corrected chi connectivity index (χ0v) is 18.1. The van der Waals surface area contributed by atoms with Crippen LogP contribution in [-0.2, 0) is 22.4 Å². The fourth-order valence-corrected chi connectivity index (χ4v) is 1.55. The van der Waals surface area contributed by atoms with Crippen LogP contribution >= 0.6 is 0 Å². The van der Waals surface area contributed by atoms with E-state index in [9.17, 15) is 31.6 Å². The molecule has 0 unspecified atom stereocenters. The Labute approximate surface area is 201 Å². The van der Waals surface area contributed by atoms with E-state index in [-0.39, 0.29) is 22.4 Å². The molecule has 0 fully saturated rings. The molecular weight excluding hydrogens is 543 g/mol. The van der Waals surface area contributed by atoms with Gasteiger partial charge in [0.2, 0.25) is 17.7 Å². The summed E-state index contributed by atoms with van der Waals surface area (Å²) in [5.41, 5.74) is 16.3. The summed E-state index contributed by atoms with van der Waals surface area (Å²) in [5, 5.41) is 0. The molecular formula is C18H18AgBF4N6O3. The van der Waals surface area contributed by atoms with Crippen LogP contribution in [0, 0.1) is 0 Å². The summed E-state index contributed by atoms with van der Waals surface area (Å²) in [6.45, 7) is 0. The van der Waals surface area contributed by atoms with Gasteiger partial charge in [-0.15, -0.1) is 0 Å². The summed E-state index contributed by atoms with van der Waals surface area (Å²) >= 11 is 0. The van der Waals surface area contributed by atoms with Crippen LogP contribution < -0.4 is 17.2 Å². The SMILES string of the molecule is F[B-](F)(F)F.NC(=O)c1ccncc1.NC(=O)c1ccncc1.NC(=O)c1ccncc1.[Ag+]. The number of nitrogens with zero attached hydrogens (tertiary/aromatic N) is 3. The molecule has 3 rings (SSSR count). The topological polar surface area (TPSA) is 168 Å². The molecule has 0 aromatic carbocycles. The Morgan fingerprint density at radius 1 is 0.545 bits per heavy atom. The summed E-state index contributed by atoms with van der Waals surface area (Å²) in [4.78, 5) is 42.3. The van der Waals surface area contributed by atoms with Crippen molar-refractivity contribution in [1.82, 2.24) is 15.0 Å². The molecule has 9 nitrogen and oxygen atoms in total. The van der Waals surface area contributed by atoms with Crippen LogP contribution in [0.15, 0.2) is 73.6 Å². The Balaban J connectivity index is 0. The molecule has 0 saturated carbocycles. The van der Waals surface area contributed by atoms with Crippen LogP contribution in [0.1, 0.15) is 31.1 Å². The number of carbonyl (C=O) groups is 3. The first-order chi connectivity index (χ1) is 14.9. The van der Waals surface area contributed by atoms with Gasteiger partial charge >= 0.3 is 29.6 Å². The number of primary amides is 3. The van der Waals surface area contributed by atoms with E-state index >= 15 is 0 Å². The first-order valence-corrected chi connectivity index (χ1v) is 8.38. The number of nitrogens with two attached hydrogens (primary N) is 3. The molecule has 0 aliphatic carbocycles. The van der Waals surface area contributed by atoms with Crippen molar-refractivity contribution in [1.29, 1.82) is 0 Å². The number of pyridine rings is 3. The molecule has 33 heavy (non-hydrogen) atoms. The Morgan fingerprint density at radius 3 is 0.788 bits per heavy atom. The van der Waals surface area contributed by atoms with Gasteiger partial charge in [-0.05, 0) is 36.4 Å². The van der Waals surface area contributed by atoms with Crippen molar-refractivity contribution in [3.63, 3.8) is 0 Å². The van der Waals surface area contributed by atoms with Crippen LogP contribution in [0.25, 0.3) is 0 Å². The van der Waals surface area contributed by atoms with E-state index in [1.807, 2.05) is 0 Å². The molecule has 3 aromatic rings. The van der Waals surface area contributed by atoms with Gasteiger partial charge in [-0.1, -0.05) is 0 Å². The Morgan fingerprint density at radius 2 is 0.697 bits per heavy atom. The summed E-state index contributed by atoms with van der Waals surface area (Å²) in [6.07, 6.45) is 9.17. The third kappa shape index (κ3) is 18.8. The number of aromatic nitrogens is 3. The second-order valence-corrected chi connectivity index (χ2v) is 5.30. The number of hydrogen-bond acceptors (Lipinski definition) is 6. The molecule has 0 aliphatic heterocycles. The zero-order chi connectivity index (χ0) is 24.6. The predicted octanol–water partition coefficient (Wildman–Crippen LogP) is 1.84. The molecule has 0 aliphatic rings. The van der Waals surface area contributed by atoms with E-state index in [0.717, 1.165) is 0 Å². The normalized spacial score (nSPS) is 9.09. The molecule has 0 atom stereocenters. The molecule has 3 aromatic heterocycles. The maximum Gasteiger partial charge on any atom is 1.00 e. The standard InChI is InChI=1S/3C6H6N2O.Ag.BF4/c3*7-6(9)5-1-3-8-4-2-5;;2-1(3,4)5/h3*1-4H,(H2,7,9);;/q;;;+1;-1. The Bertz CT molecular complexity index is 847. The van der Waals surface area contributed by atoms with E-state index in [4.69, 9.17) is 17.2 Å². The monoisotopic (exact) mass is 560 g/mol. The minimum Gasteiger partial charge on any atom is -0.418 e. The Kier molecular flexibility index (Phi) is 16.3. The average Bonchev–Trinajstić information content (AvgIpc) is 2.75. The number of carbonyl (C=O) groups excluding carboxylic acids is 3. The summed E-state index contributed by atoms with van der Waals surface area (Å²) in [6, 6.07) is 9.43. The van der Waals surface area contributed by atoms with Crippen molar-refractivity contribution < 1.29 is 54.0 Å². The van der Waals surface area contributed by atoms with Gasteiger partial charge in [0.05, 0.1) is 0 Å².